The van der Waals surface area contributed by atoms with E-state index in [1.165, 1.54) is 11.8 Å². The summed E-state index contributed by atoms with van der Waals surface area (Å²) in [5.74, 6) is 1.21. The van der Waals surface area contributed by atoms with E-state index >= 15 is 0 Å². The molecule has 0 bridgehead atoms. The third-order valence-corrected chi connectivity index (χ3v) is 4.91. The summed E-state index contributed by atoms with van der Waals surface area (Å²) in [5.41, 5.74) is 1.50. The third kappa shape index (κ3) is 4.09. The van der Waals surface area contributed by atoms with Gasteiger partial charge in [0.05, 0.1) is 12.4 Å². The van der Waals surface area contributed by atoms with E-state index in [0.29, 0.717) is 23.1 Å². The Morgan fingerprint density at radius 3 is 2.48 bits per heavy atom. The molecule has 1 aromatic heterocycles. The lowest BCUT2D eigenvalue weighted by Crippen LogP contribution is -2.16. The van der Waals surface area contributed by atoms with Gasteiger partial charge >= 0.3 is 0 Å². The first kappa shape index (κ1) is 17.2. The zero-order valence-corrected chi connectivity index (χ0v) is 14.8. The van der Waals surface area contributed by atoms with Crippen molar-refractivity contribution in [2.45, 2.75) is 23.8 Å². The molecule has 0 saturated heterocycles. The first-order valence-corrected chi connectivity index (χ1v) is 8.83. The van der Waals surface area contributed by atoms with Crippen molar-refractivity contribution < 1.29 is 13.9 Å². The quantitative estimate of drug-likeness (QED) is 0.460. The van der Waals surface area contributed by atoms with E-state index in [2.05, 4.69) is 10.2 Å². The van der Waals surface area contributed by atoms with Crippen molar-refractivity contribution >= 4 is 17.5 Å². The molecule has 6 heteroatoms. The molecule has 3 aromatic rings. The summed E-state index contributed by atoms with van der Waals surface area (Å²) in [4.78, 5) is 12.7. The fraction of sp³-hybridized carbons (Fsp3) is 0.211. The average molecular weight is 354 g/mol. The van der Waals surface area contributed by atoms with Gasteiger partial charge in [0.25, 0.3) is 5.22 Å². The van der Waals surface area contributed by atoms with Crippen LogP contribution in [0.15, 0.2) is 64.2 Å². The third-order valence-electron chi connectivity index (χ3n) is 3.71. The topological polar surface area (TPSA) is 65.2 Å². The summed E-state index contributed by atoms with van der Waals surface area (Å²) < 4.78 is 10.8. The van der Waals surface area contributed by atoms with Crippen molar-refractivity contribution in [1.82, 2.24) is 10.2 Å². The van der Waals surface area contributed by atoms with Gasteiger partial charge in [-0.3, -0.25) is 4.79 Å². The number of benzene rings is 2. The molecule has 0 N–H and O–H groups in total. The van der Waals surface area contributed by atoms with Crippen LogP contribution in [0.5, 0.6) is 5.75 Å². The SMILES string of the molecule is CCC(Sc1nnc(-c2ccccc2)o1)C(=O)c1ccc(OC)cc1. The standard InChI is InChI=1S/C19H18N2O3S/c1-3-16(17(22)13-9-11-15(23-2)12-10-13)25-19-21-20-18(24-19)14-7-5-4-6-8-14/h4-12,16H,3H2,1-2H3. The molecule has 0 aliphatic heterocycles. The van der Waals surface area contributed by atoms with Crippen LogP contribution >= 0.6 is 11.8 Å². The Balaban J connectivity index is 1.73. The lowest BCUT2D eigenvalue weighted by Gasteiger charge is -2.11. The van der Waals surface area contributed by atoms with Crippen LogP contribution in [0.2, 0.25) is 0 Å². The fourth-order valence-corrected chi connectivity index (χ4v) is 3.21. The molecular weight excluding hydrogens is 336 g/mol. The molecule has 0 amide bonds. The zero-order chi connectivity index (χ0) is 17.6. The Labute approximate surface area is 150 Å². The van der Waals surface area contributed by atoms with Gasteiger partial charge in [-0.1, -0.05) is 36.9 Å². The Hall–Kier alpha value is -2.60. The van der Waals surface area contributed by atoms with Crippen LogP contribution in [0.25, 0.3) is 11.5 Å². The van der Waals surface area contributed by atoms with Crippen molar-refractivity contribution in [3.05, 3.63) is 60.2 Å². The number of carbonyl (C=O) groups is 1. The summed E-state index contributed by atoms with van der Waals surface area (Å²) in [6.45, 7) is 1.97. The van der Waals surface area contributed by atoms with E-state index in [1.54, 1.807) is 31.4 Å². The van der Waals surface area contributed by atoms with Crippen molar-refractivity contribution in [3.8, 4) is 17.2 Å². The van der Waals surface area contributed by atoms with Crippen LogP contribution in [-0.4, -0.2) is 28.3 Å². The molecule has 5 nitrogen and oxygen atoms in total. The second kappa shape index (κ2) is 7.98. The smallest absolute Gasteiger partial charge is 0.277 e. The Morgan fingerprint density at radius 1 is 1.12 bits per heavy atom. The number of methoxy groups -OCH3 is 1. The number of carbonyl (C=O) groups excluding carboxylic acids is 1. The van der Waals surface area contributed by atoms with Crippen molar-refractivity contribution in [3.63, 3.8) is 0 Å². The largest absolute Gasteiger partial charge is 0.497 e. The summed E-state index contributed by atoms with van der Waals surface area (Å²) >= 11 is 1.30. The molecule has 2 aromatic carbocycles. The van der Waals surface area contributed by atoms with Crippen LogP contribution in [-0.2, 0) is 0 Å². The highest BCUT2D eigenvalue weighted by molar-refractivity contribution is 8.00. The Morgan fingerprint density at radius 2 is 1.84 bits per heavy atom. The summed E-state index contributed by atoms with van der Waals surface area (Å²) in [7, 11) is 1.60. The summed E-state index contributed by atoms with van der Waals surface area (Å²) in [6.07, 6.45) is 0.665. The maximum Gasteiger partial charge on any atom is 0.277 e. The van der Waals surface area contributed by atoms with E-state index in [0.717, 1.165) is 11.3 Å². The predicted molar refractivity (Wildman–Crippen MR) is 97.0 cm³/mol. The summed E-state index contributed by atoms with van der Waals surface area (Å²) in [5, 5.41) is 8.24. The van der Waals surface area contributed by atoms with Crippen LogP contribution in [0.3, 0.4) is 0 Å². The van der Waals surface area contributed by atoms with Gasteiger partial charge in [-0.2, -0.15) is 0 Å². The van der Waals surface area contributed by atoms with Crippen LogP contribution in [0.1, 0.15) is 23.7 Å². The molecular formula is C19H18N2O3S. The lowest BCUT2D eigenvalue weighted by molar-refractivity contribution is 0.0987. The maximum absolute atomic E-state index is 12.7. The highest BCUT2D eigenvalue weighted by Gasteiger charge is 2.22. The van der Waals surface area contributed by atoms with Gasteiger partial charge in [-0.15, -0.1) is 10.2 Å². The molecule has 25 heavy (non-hydrogen) atoms. The van der Waals surface area contributed by atoms with E-state index < -0.39 is 0 Å². The van der Waals surface area contributed by atoms with Crippen LogP contribution < -0.4 is 4.74 Å². The first-order valence-electron chi connectivity index (χ1n) is 7.95. The molecule has 0 fully saturated rings. The van der Waals surface area contributed by atoms with Crippen molar-refractivity contribution in [1.29, 1.82) is 0 Å². The van der Waals surface area contributed by atoms with Gasteiger partial charge in [0.1, 0.15) is 5.75 Å². The number of ether oxygens (including phenoxy) is 1. The maximum atomic E-state index is 12.7. The second-order valence-electron chi connectivity index (χ2n) is 5.35. The van der Waals surface area contributed by atoms with Crippen LogP contribution in [0, 0.1) is 0 Å². The number of Topliss-reactive ketones (excluding diaryl/α,β-unsaturated/α-hetero) is 1. The fourth-order valence-electron chi connectivity index (χ4n) is 2.34. The molecule has 0 saturated carbocycles. The lowest BCUT2D eigenvalue weighted by atomic mass is 10.1. The number of hydrogen-bond acceptors (Lipinski definition) is 6. The van der Waals surface area contributed by atoms with Gasteiger partial charge in [-0.05, 0) is 42.8 Å². The molecule has 0 aliphatic rings. The minimum absolute atomic E-state index is 0.0367. The van der Waals surface area contributed by atoms with Gasteiger partial charge in [0, 0.05) is 11.1 Å². The van der Waals surface area contributed by atoms with Crippen LogP contribution in [0.4, 0.5) is 0 Å². The van der Waals surface area contributed by atoms with Crippen molar-refractivity contribution in [2.24, 2.45) is 0 Å². The molecule has 0 aliphatic carbocycles. The van der Waals surface area contributed by atoms with Gasteiger partial charge in [0.15, 0.2) is 5.78 Å². The van der Waals surface area contributed by atoms with Gasteiger partial charge < -0.3 is 9.15 Å². The minimum Gasteiger partial charge on any atom is -0.497 e. The Kier molecular flexibility index (Phi) is 5.50. The number of nitrogens with zero attached hydrogens (tertiary/aromatic N) is 2. The number of thioether (sulfide) groups is 1. The molecule has 1 unspecified atom stereocenters. The molecule has 128 valence electrons. The van der Waals surface area contributed by atoms with Gasteiger partial charge in [-0.25, -0.2) is 0 Å². The highest BCUT2D eigenvalue weighted by atomic mass is 32.2. The number of hydrogen-bond donors (Lipinski definition) is 0. The average Bonchev–Trinajstić information content (AvgIpc) is 3.15. The minimum atomic E-state index is -0.280. The summed E-state index contributed by atoms with van der Waals surface area (Å²) in [6, 6.07) is 16.7. The first-order chi connectivity index (χ1) is 12.2. The van der Waals surface area contributed by atoms with Crippen molar-refractivity contribution in [2.75, 3.05) is 7.11 Å². The molecule has 0 spiro atoms. The predicted octanol–water partition coefficient (Wildman–Crippen LogP) is 4.50. The molecule has 1 heterocycles. The zero-order valence-electron chi connectivity index (χ0n) is 14.0. The normalized spacial score (nSPS) is 11.9. The van der Waals surface area contributed by atoms with E-state index in [1.807, 2.05) is 37.3 Å². The highest BCUT2D eigenvalue weighted by Crippen LogP contribution is 2.29. The second-order valence-corrected chi connectivity index (χ2v) is 6.50. The van der Waals surface area contributed by atoms with E-state index in [4.69, 9.17) is 9.15 Å². The Bertz CT molecular complexity index is 831. The number of aromatic nitrogens is 2. The van der Waals surface area contributed by atoms with E-state index in [-0.39, 0.29) is 11.0 Å². The monoisotopic (exact) mass is 354 g/mol. The molecule has 1 atom stereocenters. The molecule has 0 radical (unpaired) electrons. The van der Waals surface area contributed by atoms with E-state index in [9.17, 15) is 4.79 Å². The molecule has 3 rings (SSSR count). The van der Waals surface area contributed by atoms with Gasteiger partial charge in [0.2, 0.25) is 5.89 Å². The number of rotatable bonds is 7. The number of ketones is 1.